The highest BCUT2D eigenvalue weighted by Gasteiger charge is 2.12. The number of carbonyl (C=O) groups is 1. The van der Waals surface area contributed by atoms with Gasteiger partial charge in [-0.2, -0.15) is 0 Å². The van der Waals surface area contributed by atoms with Gasteiger partial charge in [0.1, 0.15) is 17.2 Å². The summed E-state index contributed by atoms with van der Waals surface area (Å²) >= 11 is 0. The molecule has 0 aromatic carbocycles. The molecule has 0 fully saturated rings. The smallest absolute Gasteiger partial charge is 0.277 e. The number of anilines is 1. The van der Waals surface area contributed by atoms with Gasteiger partial charge in [0.2, 0.25) is 0 Å². The van der Waals surface area contributed by atoms with Crippen LogP contribution in [0.4, 0.5) is 5.82 Å². The Morgan fingerprint density at radius 3 is 2.85 bits per heavy atom. The number of pyridine rings is 2. The first-order chi connectivity index (χ1) is 9.63. The summed E-state index contributed by atoms with van der Waals surface area (Å²) in [4.78, 5) is 20.6. The number of carbonyl (C=O) groups excluding carboxylic acids is 1. The van der Waals surface area contributed by atoms with E-state index in [1.165, 1.54) is 0 Å². The molecular weight excluding hydrogens is 252 g/mol. The highest BCUT2D eigenvalue weighted by molar-refractivity contribution is 6.02. The molecule has 5 heteroatoms. The minimum absolute atomic E-state index is 0.258. The average Bonchev–Trinajstić information content (AvgIpc) is 2.84. The van der Waals surface area contributed by atoms with Crippen molar-refractivity contribution in [1.29, 1.82) is 0 Å². The monoisotopic (exact) mass is 266 g/mol. The van der Waals surface area contributed by atoms with Crippen molar-refractivity contribution in [2.24, 2.45) is 0 Å². The Labute approximate surface area is 116 Å². The molecule has 0 unspecified atom stereocenters. The fraction of sp³-hybridized carbons (Fsp3) is 0.133. The SMILES string of the molecule is Cc1ccnc(NC(=O)c2cn3c(C)cccc3n2)c1. The van der Waals surface area contributed by atoms with Gasteiger partial charge in [-0.3, -0.25) is 4.79 Å². The van der Waals surface area contributed by atoms with Gasteiger partial charge in [-0.15, -0.1) is 0 Å². The van der Waals surface area contributed by atoms with Gasteiger partial charge in [0.05, 0.1) is 0 Å². The molecule has 20 heavy (non-hydrogen) atoms. The minimum Gasteiger partial charge on any atom is -0.305 e. The van der Waals surface area contributed by atoms with E-state index in [1.54, 1.807) is 12.4 Å². The van der Waals surface area contributed by atoms with E-state index >= 15 is 0 Å². The molecular formula is C15H14N4O. The van der Waals surface area contributed by atoms with Gasteiger partial charge in [0, 0.05) is 18.1 Å². The second-order valence-electron chi connectivity index (χ2n) is 4.69. The summed E-state index contributed by atoms with van der Waals surface area (Å²) in [7, 11) is 0. The number of nitrogens with zero attached hydrogens (tertiary/aromatic N) is 3. The van der Waals surface area contributed by atoms with Crippen LogP contribution in [0.1, 0.15) is 21.7 Å². The summed E-state index contributed by atoms with van der Waals surface area (Å²) in [6.07, 6.45) is 3.40. The quantitative estimate of drug-likeness (QED) is 0.775. The topological polar surface area (TPSA) is 59.3 Å². The van der Waals surface area contributed by atoms with Gasteiger partial charge in [-0.05, 0) is 43.7 Å². The molecule has 0 saturated carbocycles. The summed E-state index contributed by atoms with van der Waals surface area (Å²) in [5.74, 6) is 0.273. The molecule has 0 radical (unpaired) electrons. The van der Waals surface area contributed by atoms with Crippen molar-refractivity contribution in [2.75, 3.05) is 5.32 Å². The van der Waals surface area contributed by atoms with Crippen molar-refractivity contribution in [3.8, 4) is 0 Å². The van der Waals surface area contributed by atoms with Crippen molar-refractivity contribution >= 4 is 17.4 Å². The van der Waals surface area contributed by atoms with Gasteiger partial charge in [-0.25, -0.2) is 9.97 Å². The Balaban J connectivity index is 1.91. The largest absolute Gasteiger partial charge is 0.305 e. The summed E-state index contributed by atoms with van der Waals surface area (Å²) in [5, 5.41) is 2.75. The Morgan fingerprint density at radius 2 is 2.10 bits per heavy atom. The molecule has 1 N–H and O–H groups in total. The molecule has 0 saturated heterocycles. The lowest BCUT2D eigenvalue weighted by Crippen LogP contribution is -2.13. The Bertz CT molecular complexity index is 791. The molecule has 3 aromatic rings. The molecule has 1 amide bonds. The summed E-state index contributed by atoms with van der Waals surface area (Å²) in [6, 6.07) is 9.46. The van der Waals surface area contributed by atoms with Crippen LogP contribution in [0.2, 0.25) is 0 Å². The third-order valence-corrected chi connectivity index (χ3v) is 3.09. The fourth-order valence-electron chi connectivity index (χ4n) is 2.04. The molecule has 3 aromatic heterocycles. The number of fused-ring (bicyclic) bond motifs is 1. The van der Waals surface area contributed by atoms with E-state index in [4.69, 9.17) is 0 Å². The lowest BCUT2D eigenvalue weighted by atomic mass is 10.3. The third kappa shape index (κ3) is 2.25. The standard InChI is InChI=1S/C15H14N4O/c1-10-6-7-16-13(8-10)18-15(20)12-9-19-11(2)4-3-5-14(19)17-12/h3-9H,1-2H3,(H,16,18,20). The maximum absolute atomic E-state index is 12.2. The van der Waals surface area contributed by atoms with Crippen molar-refractivity contribution < 1.29 is 4.79 Å². The Morgan fingerprint density at radius 1 is 1.25 bits per heavy atom. The van der Waals surface area contributed by atoms with Crippen LogP contribution in [0.5, 0.6) is 0 Å². The molecule has 3 rings (SSSR count). The molecule has 100 valence electrons. The normalized spacial score (nSPS) is 10.7. The predicted molar refractivity (Wildman–Crippen MR) is 76.9 cm³/mol. The van der Waals surface area contributed by atoms with Gasteiger partial charge < -0.3 is 9.72 Å². The van der Waals surface area contributed by atoms with Crippen molar-refractivity contribution in [2.45, 2.75) is 13.8 Å². The first-order valence-corrected chi connectivity index (χ1v) is 6.32. The van der Waals surface area contributed by atoms with Gasteiger partial charge in [-0.1, -0.05) is 6.07 Å². The highest BCUT2D eigenvalue weighted by atomic mass is 16.2. The van der Waals surface area contributed by atoms with Crippen molar-refractivity contribution in [1.82, 2.24) is 14.4 Å². The molecule has 0 aliphatic carbocycles. The highest BCUT2D eigenvalue weighted by Crippen LogP contribution is 2.11. The second-order valence-corrected chi connectivity index (χ2v) is 4.69. The lowest BCUT2D eigenvalue weighted by Gasteiger charge is -2.02. The molecule has 0 aliphatic rings. The van der Waals surface area contributed by atoms with Crippen LogP contribution in [0, 0.1) is 13.8 Å². The summed E-state index contributed by atoms with van der Waals surface area (Å²) in [6.45, 7) is 3.92. The second kappa shape index (κ2) is 4.77. The Hall–Kier alpha value is -2.69. The van der Waals surface area contributed by atoms with E-state index < -0.39 is 0 Å². The zero-order valence-corrected chi connectivity index (χ0v) is 11.3. The van der Waals surface area contributed by atoms with E-state index in [0.717, 1.165) is 16.9 Å². The van der Waals surface area contributed by atoms with Crippen LogP contribution < -0.4 is 5.32 Å². The van der Waals surface area contributed by atoms with E-state index in [0.29, 0.717) is 11.5 Å². The zero-order valence-electron chi connectivity index (χ0n) is 11.3. The van der Waals surface area contributed by atoms with E-state index in [-0.39, 0.29) is 5.91 Å². The molecule has 0 atom stereocenters. The predicted octanol–water partition coefficient (Wildman–Crippen LogP) is 2.60. The van der Waals surface area contributed by atoms with Crippen LogP contribution >= 0.6 is 0 Å². The van der Waals surface area contributed by atoms with Gasteiger partial charge in [0.15, 0.2) is 0 Å². The summed E-state index contributed by atoms with van der Waals surface area (Å²) in [5.41, 5.74) is 3.21. The van der Waals surface area contributed by atoms with Crippen molar-refractivity contribution in [3.05, 3.63) is 59.7 Å². The number of imidazole rings is 1. The van der Waals surface area contributed by atoms with Gasteiger partial charge >= 0.3 is 0 Å². The number of aryl methyl sites for hydroxylation is 2. The van der Waals surface area contributed by atoms with Gasteiger partial charge in [0.25, 0.3) is 5.91 Å². The minimum atomic E-state index is -0.258. The molecule has 0 spiro atoms. The van der Waals surface area contributed by atoms with Crippen LogP contribution in [-0.2, 0) is 0 Å². The van der Waals surface area contributed by atoms with Crippen LogP contribution in [0.3, 0.4) is 0 Å². The number of hydrogen-bond acceptors (Lipinski definition) is 3. The molecule has 5 nitrogen and oxygen atoms in total. The maximum Gasteiger partial charge on any atom is 0.277 e. The van der Waals surface area contributed by atoms with E-state index in [1.807, 2.05) is 48.6 Å². The zero-order chi connectivity index (χ0) is 14.1. The molecule has 3 heterocycles. The molecule has 0 aliphatic heterocycles. The lowest BCUT2D eigenvalue weighted by molar-refractivity contribution is 0.102. The third-order valence-electron chi connectivity index (χ3n) is 3.09. The van der Waals surface area contributed by atoms with Crippen LogP contribution in [0.25, 0.3) is 5.65 Å². The van der Waals surface area contributed by atoms with Crippen LogP contribution in [0.15, 0.2) is 42.7 Å². The number of nitrogens with one attached hydrogen (secondary N) is 1. The van der Waals surface area contributed by atoms with Crippen molar-refractivity contribution in [3.63, 3.8) is 0 Å². The first-order valence-electron chi connectivity index (χ1n) is 6.32. The number of amides is 1. The Kier molecular flexibility index (Phi) is 2.95. The molecule has 0 bridgehead atoms. The summed E-state index contributed by atoms with van der Waals surface area (Å²) < 4.78 is 1.89. The van der Waals surface area contributed by atoms with E-state index in [2.05, 4.69) is 15.3 Å². The maximum atomic E-state index is 12.2. The van der Waals surface area contributed by atoms with E-state index in [9.17, 15) is 4.79 Å². The first kappa shape index (κ1) is 12.3. The average molecular weight is 266 g/mol. The number of hydrogen-bond donors (Lipinski definition) is 1. The number of aromatic nitrogens is 3. The number of rotatable bonds is 2. The van der Waals surface area contributed by atoms with Crippen LogP contribution in [-0.4, -0.2) is 20.3 Å². The fourth-order valence-corrected chi connectivity index (χ4v) is 2.04.